The molecule has 0 unspecified atom stereocenters. The zero-order valence-electron chi connectivity index (χ0n) is 27.0. The lowest BCUT2D eigenvalue weighted by molar-refractivity contribution is -0.223. The van der Waals surface area contributed by atoms with Crippen molar-refractivity contribution in [3.63, 3.8) is 0 Å². The summed E-state index contributed by atoms with van der Waals surface area (Å²) in [4.78, 5) is 28.7. The Balaban J connectivity index is 1.09. The van der Waals surface area contributed by atoms with Gasteiger partial charge in [-0.3, -0.25) is 4.98 Å². The first kappa shape index (κ1) is 35.6. The van der Waals surface area contributed by atoms with Crippen LogP contribution in [0.5, 0.6) is 0 Å². The van der Waals surface area contributed by atoms with E-state index in [1.807, 2.05) is 30.5 Å². The summed E-state index contributed by atoms with van der Waals surface area (Å²) in [6, 6.07) is 20.4. The Bertz CT molecular complexity index is 2070. The molecule has 0 spiro atoms. The summed E-state index contributed by atoms with van der Waals surface area (Å²) in [7, 11) is -4.70. The first-order valence-electron chi connectivity index (χ1n) is 16.0. The van der Waals surface area contributed by atoms with Gasteiger partial charge in [-0.05, 0) is 102 Å². The van der Waals surface area contributed by atoms with Crippen LogP contribution in [0.25, 0.3) is 10.8 Å². The Morgan fingerprint density at radius 1 is 0.882 bits per heavy atom. The summed E-state index contributed by atoms with van der Waals surface area (Å²) in [5, 5.41) is 11.6. The summed E-state index contributed by atoms with van der Waals surface area (Å²) in [5.41, 5.74) is 2.00. The van der Waals surface area contributed by atoms with E-state index in [1.54, 1.807) is 12.3 Å². The highest BCUT2D eigenvalue weighted by Gasteiger charge is 2.45. The molecule has 0 bridgehead atoms. The van der Waals surface area contributed by atoms with E-state index in [0.717, 1.165) is 16.3 Å². The molecule has 0 amide bonds. The zero-order chi connectivity index (χ0) is 36.0. The van der Waals surface area contributed by atoms with Gasteiger partial charge < -0.3 is 20.8 Å². The number of fused-ring (bicyclic) bond motifs is 1. The summed E-state index contributed by atoms with van der Waals surface area (Å²) in [6.45, 7) is 0.133. The third kappa shape index (κ3) is 9.14. The van der Waals surface area contributed by atoms with Crippen LogP contribution >= 0.6 is 0 Å². The molecule has 1 aliphatic carbocycles. The molecule has 6 rings (SSSR count). The van der Waals surface area contributed by atoms with Crippen LogP contribution in [0.3, 0.4) is 0 Å². The van der Waals surface area contributed by atoms with Crippen molar-refractivity contribution >= 4 is 49.9 Å². The number of anilines is 4. The fraction of sp³-hybridized carbons (Fsp3) is 0.257. The molecule has 0 aliphatic heterocycles. The second-order valence-electron chi connectivity index (χ2n) is 12.0. The Morgan fingerprint density at radius 3 is 2.29 bits per heavy atom. The van der Waals surface area contributed by atoms with Crippen molar-refractivity contribution in [1.82, 2.24) is 24.7 Å². The number of aromatic nitrogens is 3. The number of sulfonamides is 1. The van der Waals surface area contributed by atoms with Crippen LogP contribution in [0, 0.1) is 11.7 Å². The number of hydrogen-bond acceptors (Lipinski definition) is 10. The van der Waals surface area contributed by atoms with Gasteiger partial charge in [0.05, 0.1) is 11.4 Å². The van der Waals surface area contributed by atoms with Crippen molar-refractivity contribution < 1.29 is 35.6 Å². The molecule has 1 saturated carbocycles. The number of benzene rings is 3. The molecule has 3 N–H and O–H groups in total. The molecule has 11 nitrogen and oxygen atoms in total. The highest BCUT2D eigenvalue weighted by molar-refractivity contribution is 7.89. The predicted octanol–water partition coefficient (Wildman–Crippen LogP) is 7.01. The van der Waals surface area contributed by atoms with Crippen LogP contribution in [0.15, 0.2) is 102 Å². The lowest BCUT2D eigenvalue weighted by Gasteiger charge is -2.32. The molecule has 2 aromatic heterocycles. The Kier molecular flexibility index (Phi) is 10.7. The number of halogens is 4. The lowest BCUT2D eigenvalue weighted by atomic mass is 9.86. The zero-order valence-corrected chi connectivity index (χ0v) is 27.8. The highest BCUT2D eigenvalue weighted by Crippen LogP contribution is 2.30. The fourth-order valence-corrected chi connectivity index (χ4v) is 7.08. The van der Waals surface area contributed by atoms with Crippen LogP contribution in [0.4, 0.5) is 40.7 Å². The van der Waals surface area contributed by atoms with Crippen LogP contribution in [-0.4, -0.2) is 52.6 Å². The Hall–Kier alpha value is -5.19. The largest absolute Gasteiger partial charge is 0.492 e. The molecule has 1 fully saturated rings. The van der Waals surface area contributed by atoms with E-state index in [4.69, 9.17) is 0 Å². The molecule has 51 heavy (non-hydrogen) atoms. The van der Waals surface area contributed by atoms with Gasteiger partial charge in [0.2, 0.25) is 5.95 Å². The number of carbonyl (C=O) groups is 1. The van der Waals surface area contributed by atoms with E-state index in [9.17, 15) is 30.8 Å². The average Bonchev–Trinajstić information content (AvgIpc) is 3.12. The number of nitrogens with zero attached hydrogens (tertiary/aromatic N) is 4. The standard InChI is InChI=1S/C35H33F4N7O4S/c36-26-7-11-28(12-8-26)43-32-17-18-41-34(45-32)44-29-13-15-30(16-14-29)51(48,49)46(50-33(47)35(37,38)39)22-23-5-9-27(10-6-23)42-21-25-20-40-19-24-3-1-2-4-31(24)25/h1-4,7-8,11-20,23,27,42H,5-6,9-10,21-22H2,(H2,41,43,44,45). The Morgan fingerprint density at radius 2 is 1.57 bits per heavy atom. The van der Waals surface area contributed by atoms with Crippen molar-refractivity contribution in [2.45, 2.75) is 49.3 Å². The number of hydroxylamine groups is 1. The number of carbonyl (C=O) groups excluding carboxylic acids is 1. The Labute approximate surface area is 291 Å². The second-order valence-corrected chi connectivity index (χ2v) is 13.9. The summed E-state index contributed by atoms with van der Waals surface area (Å²) < 4.78 is 80.3. The maximum Gasteiger partial charge on any atom is 0.492 e. The van der Waals surface area contributed by atoms with E-state index in [2.05, 4.69) is 35.7 Å². The van der Waals surface area contributed by atoms with Gasteiger partial charge in [0.25, 0.3) is 10.0 Å². The molecule has 16 heteroatoms. The minimum atomic E-state index is -5.40. The van der Waals surface area contributed by atoms with Gasteiger partial charge in [-0.15, -0.1) is 0 Å². The molecular weight excluding hydrogens is 690 g/mol. The first-order valence-corrected chi connectivity index (χ1v) is 17.5. The van der Waals surface area contributed by atoms with Gasteiger partial charge in [-0.25, -0.2) is 22.6 Å². The van der Waals surface area contributed by atoms with Crippen molar-refractivity contribution in [2.24, 2.45) is 5.92 Å². The van der Waals surface area contributed by atoms with Gasteiger partial charge in [0.15, 0.2) is 0 Å². The number of hydrogen-bond donors (Lipinski definition) is 3. The quantitative estimate of drug-likeness (QED) is 0.0911. The van der Waals surface area contributed by atoms with Crippen LogP contribution in [-0.2, 0) is 26.2 Å². The summed E-state index contributed by atoms with van der Waals surface area (Å²) in [5.74, 6) is -2.83. The van der Waals surface area contributed by atoms with Gasteiger partial charge in [-0.2, -0.15) is 18.2 Å². The lowest BCUT2D eigenvalue weighted by Crippen LogP contribution is -2.42. The number of rotatable bonds is 12. The van der Waals surface area contributed by atoms with E-state index in [1.165, 1.54) is 54.7 Å². The van der Waals surface area contributed by atoms with Crippen LogP contribution < -0.4 is 16.0 Å². The molecule has 2 heterocycles. The molecule has 5 aromatic rings. The summed E-state index contributed by atoms with van der Waals surface area (Å²) >= 11 is 0. The molecule has 266 valence electrons. The number of pyridine rings is 1. The van der Waals surface area contributed by atoms with E-state index < -0.39 is 28.7 Å². The van der Waals surface area contributed by atoms with E-state index in [0.29, 0.717) is 49.4 Å². The predicted molar refractivity (Wildman–Crippen MR) is 182 cm³/mol. The SMILES string of the molecule is O=C(ON(CC1CCC(NCc2cncc3ccccc23)CC1)S(=O)(=O)c1ccc(Nc2nccc(Nc3ccc(F)cc3)n2)cc1)C(F)(F)F. The van der Waals surface area contributed by atoms with Gasteiger partial charge in [-0.1, -0.05) is 24.3 Å². The van der Waals surface area contributed by atoms with Crippen molar-refractivity contribution in [3.8, 4) is 0 Å². The summed E-state index contributed by atoms with van der Waals surface area (Å²) in [6.07, 6.45) is 1.96. The second kappa shape index (κ2) is 15.4. The van der Waals surface area contributed by atoms with E-state index in [-0.39, 0.29) is 33.1 Å². The van der Waals surface area contributed by atoms with Crippen LogP contribution in [0.1, 0.15) is 31.2 Å². The van der Waals surface area contributed by atoms with E-state index >= 15 is 0 Å². The van der Waals surface area contributed by atoms with Gasteiger partial charge in [0.1, 0.15) is 11.6 Å². The average molecular weight is 724 g/mol. The molecular formula is C35H33F4N7O4S. The third-order valence-corrected chi connectivity index (χ3v) is 10.1. The van der Waals surface area contributed by atoms with Crippen molar-refractivity contribution in [2.75, 3.05) is 17.2 Å². The number of alkyl halides is 3. The van der Waals surface area contributed by atoms with Gasteiger partial charge in [0, 0.05) is 47.9 Å². The smallest absolute Gasteiger partial charge is 0.345 e. The monoisotopic (exact) mass is 723 g/mol. The highest BCUT2D eigenvalue weighted by atomic mass is 32.2. The topological polar surface area (TPSA) is 138 Å². The minimum absolute atomic E-state index is 0.103. The fourth-order valence-electron chi connectivity index (χ4n) is 5.79. The molecule has 0 saturated heterocycles. The van der Waals surface area contributed by atoms with Gasteiger partial charge >= 0.3 is 12.1 Å². The number of nitrogens with one attached hydrogen (secondary N) is 3. The first-order chi connectivity index (χ1) is 24.4. The normalized spacial score (nSPS) is 16.6. The molecule has 1 aliphatic rings. The van der Waals surface area contributed by atoms with Crippen molar-refractivity contribution in [3.05, 3.63) is 109 Å². The maximum atomic E-state index is 13.6. The molecule has 0 atom stereocenters. The molecule has 0 radical (unpaired) electrons. The van der Waals surface area contributed by atoms with Crippen molar-refractivity contribution in [1.29, 1.82) is 0 Å². The minimum Gasteiger partial charge on any atom is -0.345 e. The maximum absolute atomic E-state index is 13.6. The van der Waals surface area contributed by atoms with Crippen LogP contribution in [0.2, 0.25) is 0 Å². The third-order valence-electron chi connectivity index (χ3n) is 8.45. The molecule has 3 aromatic carbocycles.